The normalized spacial score (nSPS) is 12.9. The maximum Gasteiger partial charge on any atom is 0.322 e. The van der Waals surface area contributed by atoms with Crippen LogP contribution in [-0.4, -0.2) is 31.6 Å². The molecule has 0 aliphatic carbocycles. The van der Waals surface area contributed by atoms with Gasteiger partial charge in [0.15, 0.2) is 0 Å². The molecule has 0 amide bonds. The summed E-state index contributed by atoms with van der Waals surface area (Å²) in [5, 5.41) is 0. The first kappa shape index (κ1) is 20.6. The van der Waals surface area contributed by atoms with Crippen molar-refractivity contribution in [1.29, 1.82) is 0 Å². The summed E-state index contributed by atoms with van der Waals surface area (Å²) in [6.45, 7) is 9.89. The Morgan fingerprint density at radius 3 is 2.05 bits per heavy atom. The number of esters is 1. The molecule has 0 radical (unpaired) electrons. The summed E-state index contributed by atoms with van der Waals surface area (Å²) >= 11 is 0. The Morgan fingerprint density at radius 1 is 1.27 bits per heavy atom. The predicted octanol–water partition coefficient (Wildman–Crippen LogP) is 2.16. The van der Waals surface area contributed by atoms with E-state index in [-0.39, 0.29) is 16.3 Å². The number of hydrogen-bond acceptors (Lipinski definition) is 5. The number of carbonyl (C=O) groups is 1. The fourth-order valence-electron chi connectivity index (χ4n) is 1.13. The number of rotatable bonds is 3. The van der Waals surface area contributed by atoms with Gasteiger partial charge in [0.25, 0.3) is 10.1 Å². The summed E-state index contributed by atoms with van der Waals surface area (Å²) in [7, 11) is -4.02. The second kappa shape index (κ2) is 8.26. The van der Waals surface area contributed by atoms with Crippen LogP contribution in [-0.2, 0) is 19.6 Å². The lowest BCUT2D eigenvalue weighted by Gasteiger charge is -2.18. The van der Waals surface area contributed by atoms with Gasteiger partial charge in [0.05, 0.1) is 11.5 Å². The van der Waals surface area contributed by atoms with Crippen molar-refractivity contribution in [3.63, 3.8) is 0 Å². The van der Waals surface area contributed by atoms with Crippen LogP contribution in [0.25, 0.3) is 0 Å². The Morgan fingerprint density at radius 2 is 1.73 bits per heavy atom. The maximum atomic E-state index is 10.8. The third-order valence-electron chi connectivity index (χ3n) is 2.34. The van der Waals surface area contributed by atoms with E-state index in [1.165, 1.54) is 12.1 Å². The topological polar surface area (TPSA) is 107 Å². The quantitative estimate of drug-likeness (QED) is 0.649. The van der Waals surface area contributed by atoms with E-state index in [9.17, 15) is 13.2 Å². The Bertz CT molecular complexity index is 571. The lowest BCUT2D eigenvalue weighted by molar-refractivity contribution is -0.147. The maximum absolute atomic E-state index is 10.8. The molecular weight excluding hydrogens is 306 g/mol. The largest absolute Gasteiger partial charge is 0.464 e. The van der Waals surface area contributed by atoms with Crippen molar-refractivity contribution < 1.29 is 22.5 Å². The van der Waals surface area contributed by atoms with E-state index in [1.54, 1.807) is 19.1 Å². The van der Waals surface area contributed by atoms with Crippen molar-refractivity contribution in [3.8, 4) is 0 Å². The summed E-state index contributed by atoms with van der Waals surface area (Å²) in [5.41, 5.74) is 6.27. The van der Waals surface area contributed by atoms with Crippen LogP contribution in [0.15, 0.2) is 29.2 Å². The third-order valence-corrected chi connectivity index (χ3v) is 3.21. The molecule has 7 heteroatoms. The van der Waals surface area contributed by atoms with E-state index in [1.807, 2.05) is 27.7 Å². The van der Waals surface area contributed by atoms with Gasteiger partial charge in [-0.05, 0) is 31.4 Å². The van der Waals surface area contributed by atoms with Crippen molar-refractivity contribution in [3.05, 3.63) is 29.8 Å². The third kappa shape index (κ3) is 9.49. The van der Waals surface area contributed by atoms with Crippen LogP contribution >= 0.6 is 0 Å². The number of carbonyl (C=O) groups excluding carboxylic acids is 1. The van der Waals surface area contributed by atoms with Crippen molar-refractivity contribution in [2.45, 2.75) is 45.6 Å². The Hall–Kier alpha value is -1.44. The number of aryl methyl sites for hydroxylation is 1. The van der Waals surface area contributed by atoms with E-state index in [2.05, 4.69) is 0 Å². The fourth-order valence-corrected chi connectivity index (χ4v) is 1.61. The Balaban J connectivity index is 0.000000401. The molecule has 1 aromatic carbocycles. The number of nitrogens with two attached hydrogens (primary N) is 1. The van der Waals surface area contributed by atoms with Crippen LogP contribution in [0.5, 0.6) is 0 Å². The van der Waals surface area contributed by atoms with Gasteiger partial charge in [-0.15, -0.1) is 0 Å². The average molecular weight is 331 g/mol. The molecule has 0 fully saturated rings. The average Bonchev–Trinajstić information content (AvgIpc) is 2.35. The summed E-state index contributed by atoms with van der Waals surface area (Å²) in [6.07, 6.45) is 0. The van der Waals surface area contributed by atoms with E-state index in [0.29, 0.717) is 6.61 Å². The van der Waals surface area contributed by atoms with Crippen molar-refractivity contribution >= 4 is 16.1 Å². The van der Waals surface area contributed by atoms with Gasteiger partial charge in [0.2, 0.25) is 0 Å². The molecule has 126 valence electrons. The summed E-state index contributed by atoms with van der Waals surface area (Å²) < 4.78 is 34.5. The highest BCUT2D eigenvalue weighted by molar-refractivity contribution is 7.85. The van der Waals surface area contributed by atoms with Gasteiger partial charge in [0.1, 0.15) is 6.04 Å². The van der Waals surface area contributed by atoms with Crippen molar-refractivity contribution in [1.82, 2.24) is 0 Å². The molecule has 3 N–H and O–H groups in total. The summed E-state index contributed by atoms with van der Waals surface area (Å²) in [5.74, 6) is -0.333. The standard InChI is InChI=1S/C8H17NO2.C7H8O3S/c1-6(9)7(10)11-5-8(2,3)4;1-6-2-4-7(5-3-6)11(8,9)10/h6H,5,9H2,1-4H3;2-5H,1H3,(H,8,9,10). The Labute approximate surface area is 132 Å². The molecule has 1 aromatic rings. The van der Waals surface area contributed by atoms with Gasteiger partial charge < -0.3 is 10.5 Å². The van der Waals surface area contributed by atoms with Crippen LogP contribution in [0.2, 0.25) is 0 Å². The minimum absolute atomic E-state index is 0.0184. The van der Waals surface area contributed by atoms with Gasteiger partial charge >= 0.3 is 5.97 Å². The molecule has 0 saturated heterocycles. The molecule has 0 bridgehead atoms. The molecule has 0 aliphatic rings. The zero-order valence-corrected chi connectivity index (χ0v) is 14.5. The highest BCUT2D eigenvalue weighted by Crippen LogP contribution is 2.12. The number of ether oxygens (including phenoxy) is 1. The predicted molar refractivity (Wildman–Crippen MR) is 85.1 cm³/mol. The lowest BCUT2D eigenvalue weighted by atomic mass is 9.99. The number of hydrogen-bond donors (Lipinski definition) is 2. The van der Waals surface area contributed by atoms with Gasteiger partial charge in [-0.1, -0.05) is 38.5 Å². The summed E-state index contributed by atoms with van der Waals surface area (Å²) in [4.78, 5) is 10.8. The molecule has 1 unspecified atom stereocenters. The van der Waals surface area contributed by atoms with Crippen LogP contribution in [0.3, 0.4) is 0 Å². The molecule has 6 nitrogen and oxygen atoms in total. The van der Waals surface area contributed by atoms with Crippen LogP contribution in [0, 0.1) is 12.3 Å². The minimum atomic E-state index is -4.02. The van der Waals surface area contributed by atoms with Crippen LogP contribution in [0.1, 0.15) is 33.3 Å². The van der Waals surface area contributed by atoms with E-state index in [4.69, 9.17) is 15.0 Å². The van der Waals surface area contributed by atoms with Gasteiger partial charge in [0, 0.05) is 0 Å². The second-order valence-electron chi connectivity index (χ2n) is 6.25. The molecule has 0 aliphatic heterocycles. The molecular formula is C15H25NO5S. The van der Waals surface area contributed by atoms with Crippen molar-refractivity contribution in [2.75, 3.05) is 6.61 Å². The van der Waals surface area contributed by atoms with E-state index < -0.39 is 16.2 Å². The molecule has 0 heterocycles. The first-order valence-corrected chi connectivity index (χ1v) is 8.23. The molecule has 1 rings (SSSR count). The zero-order chi connectivity index (χ0) is 17.6. The number of benzene rings is 1. The lowest BCUT2D eigenvalue weighted by Crippen LogP contribution is -2.31. The smallest absolute Gasteiger partial charge is 0.322 e. The molecule has 0 spiro atoms. The SMILES string of the molecule is CC(N)C(=O)OCC(C)(C)C.Cc1ccc(S(=O)(=O)O)cc1. The molecule has 1 atom stereocenters. The monoisotopic (exact) mass is 331 g/mol. The van der Waals surface area contributed by atoms with Crippen molar-refractivity contribution in [2.24, 2.45) is 11.1 Å². The van der Waals surface area contributed by atoms with Crippen LogP contribution < -0.4 is 5.73 Å². The fraction of sp³-hybridized carbons (Fsp3) is 0.533. The molecule has 0 aromatic heterocycles. The summed E-state index contributed by atoms with van der Waals surface area (Å²) in [6, 6.07) is 5.47. The highest BCUT2D eigenvalue weighted by Gasteiger charge is 2.15. The van der Waals surface area contributed by atoms with Gasteiger partial charge in [-0.2, -0.15) is 8.42 Å². The molecule has 22 heavy (non-hydrogen) atoms. The minimum Gasteiger partial charge on any atom is -0.464 e. The van der Waals surface area contributed by atoms with E-state index in [0.717, 1.165) is 5.56 Å². The molecule has 0 saturated carbocycles. The van der Waals surface area contributed by atoms with Gasteiger partial charge in [-0.3, -0.25) is 9.35 Å². The first-order valence-electron chi connectivity index (χ1n) is 6.79. The van der Waals surface area contributed by atoms with Crippen LogP contribution in [0.4, 0.5) is 0 Å². The Kier molecular flexibility index (Phi) is 7.72. The zero-order valence-electron chi connectivity index (χ0n) is 13.7. The van der Waals surface area contributed by atoms with Gasteiger partial charge in [-0.25, -0.2) is 0 Å². The second-order valence-corrected chi connectivity index (χ2v) is 7.67. The van der Waals surface area contributed by atoms with E-state index >= 15 is 0 Å². The first-order chi connectivity index (χ1) is 9.83. The highest BCUT2D eigenvalue weighted by atomic mass is 32.2.